The van der Waals surface area contributed by atoms with Crippen LogP contribution in [0.3, 0.4) is 0 Å². The molecule has 2 aromatic carbocycles. The number of hydrogen-bond donors (Lipinski definition) is 1. The molecule has 1 N–H and O–H groups in total. The average molecular weight is 579 g/mol. The SMILES string of the molecule is CC1(C)CCC(CN2CCN(c3ccc(C=O)c(-n4ncc5nc6[nH]ccc6cc54)c3)CC2)=C(c2ccc(Cl)cc2)C1. The van der Waals surface area contributed by atoms with Gasteiger partial charge in [-0.05, 0) is 78.3 Å². The Labute approximate surface area is 250 Å². The quantitative estimate of drug-likeness (QED) is 0.217. The second-order valence-electron chi connectivity index (χ2n) is 12.4. The third kappa shape index (κ3) is 5.12. The molecule has 0 atom stereocenters. The van der Waals surface area contributed by atoms with Crippen molar-refractivity contribution in [2.24, 2.45) is 5.41 Å². The van der Waals surface area contributed by atoms with Crippen LogP contribution in [0, 0.1) is 5.41 Å². The summed E-state index contributed by atoms with van der Waals surface area (Å²) in [5.41, 5.74) is 9.68. The number of anilines is 1. The molecule has 0 bridgehead atoms. The number of benzene rings is 2. The van der Waals surface area contributed by atoms with E-state index in [1.54, 1.807) is 11.8 Å². The van der Waals surface area contributed by atoms with E-state index in [9.17, 15) is 4.79 Å². The molecule has 214 valence electrons. The lowest BCUT2D eigenvalue weighted by atomic mass is 9.72. The van der Waals surface area contributed by atoms with Crippen LogP contribution in [0.2, 0.25) is 5.02 Å². The summed E-state index contributed by atoms with van der Waals surface area (Å²) in [6.45, 7) is 9.62. The number of halogens is 1. The number of piperazine rings is 1. The van der Waals surface area contributed by atoms with Crippen molar-refractivity contribution in [1.29, 1.82) is 0 Å². The summed E-state index contributed by atoms with van der Waals surface area (Å²) in [6.07, 6.45) is 8.01. The molecule has 1 saturated heterocycles. The summed E-state index contributed by atoms with van der Waals surface area (Å²) in [5.74, 6) is 0. The van der Waals surface area contributed by atoms with E-state index in [1.165, 1.54) is 17.6 Å². The van der Waals surface area contributed by atoms with E-state index in [0.29, 0.717) is 11.0 Å². The highest BCUT2D eigenvalue weighted by Gasteiger charge is 2.29. The van der Waals surface area contributed by atoms with Gasteiger partial charge in [-0.25, -0.2) is 9.67 Å². The maximum atomic E-state index is 12.0. The molecular weight excluding hydrogens is 544 g/mol. The first-order valence-corrected chi connectivity index (χ1v) is 15.1. The Morgan fingerprint density at radius 2 is 1.83 bits per heavy atom. The third-order valence-corrected chi connectivity index (χ3v) is 9.22. The van der Waals surface area contributed by atoms with Crippen LogP contribution < -0.4 is 4.90 Å². The summed E-state index contributed by atoms with van der Waals surface area (Å²) >= 11 is 6.21. The number of hydrogen-bond acceptors (Lipinski definition) is 5. The van der Waals surface area contributed by atoms with Crippen LogP contribution in [0.1, 0.15) is 49.0 Å². The Hall–Kier alpha value is -3.94. The summed E-state index contributed by atoms with van der Waals surface area (Å²) in [4.78, 5) is 24.9. The zero-order valence-corrected chi connectivity index (χ0v) is 24.9. The molecule has 7 nitrogen and oxygen atoms in total. The number of H-pyrrole nitrogens is 1. The summed E-state index contributed by atoms with van der Waals surface area (Å²) in [7, 11) is 0. The molecule has 0 spiro atoms. The fourth-order valence-electron chi connectivity index (χ4n) is 6.53. The van der Waals surface area contributed by atoms with Crippen molar-refractivity contribution in [2.45, 2.75) is 33.1 Å². The molecule has 7 rings (SSSR count). The molecule has 1 aliphatic carbocycles. The Balaban J connectivity index is 1.11. The van der Waals surface area contributed by atoms with E-state index < -0.39 is 0 Å². The van der Waals surface area contributed by atoms with Crippen LogP contribution in [-0.4, -0.2) is 63.7 Å². The Bertz CT molecular complexity index is 1810. The molecule has 0 unspecified atom stereocenters. The number of nitrogens with one attached hydrogen (secondary N) is 1. The van der Waals surface area contributed by atoms with Gasteiger partial charge in [0.1, 0.15) is 11.2 Å². The van der Waals surface area contributed by atoms with E-state index in [2.05, 4.69) is 64.1 Å². The lowest BCUT2D eigenvalue weighted by Crippen LogP contribution is -2.47. The van der Waals surface area contributed by atoms with E-state index in [1.807, 2.05) is 35.1 Å². The third-order valence-electron chi connectivity index (χ3n) is 8.97. The second-order valence-corrected chi connectivity index (χ2v) is 12.9. The highest BCUT2D eigenvalue weighted by atomic mass is 35.5. The molecule has 5 aromatic rings. The molecule has 4 heterocycles. The number of aromatic amines is 1. The molecule has 42 heavy (non-hydrogen) atoms. The predicted molar refractivity (Wildman–Crippen MR) is 171 cm³/mol. The predicted octanol–water partition coefficient (Wildman–Crippen LogP) is 7.15. The monoisotopic (exact) mass is 578 g/mol. The van der Waals surface area contributed by atoms with E-state index in [0.717, 1.165) is 90.3 Å². The minimum absolute atomic E-state index is 0.312. The van der Waals surface area contributed by atoms with Crippen LogP contribution in [0.5, 0.6) is 0 Å². The van der Waals surface area contributed by atoms with E-state index in [4.69, 9.17) is 16.6 Å². The molecule has 8 heteroatoms. The fourth-order valence-corrected chi connectivity index (χ4v) is 6.65. The number of pyridine rings is 1. The standard InChI is InChI=1S/C34H35ClN6O/c1-34(2)11-9-25(29(19-34)23-3-6-27(35)7-4-23)21-39-13-15-40(16-14-39)28-8-5-26(22-42)31(18-28)41-32-17-24-10-12-36-33(24)38-30(32)20-37-41/h3-8,10,12,17-18,20,22H,9,11,13-16,19,21H2,1-2H3,(H,36,38). The van der Waals surface area contributed by atoms with Crippen molar-refractivity contribution in [3.63, 3.8) is 0 Å². The Morgan fingerprint density at radius 3 is 2.62 bits per heavy atom. The molecule has 0 amide bonds. The van der Waals surface area contributed by atoms with Crippen molar-refractivity contribution in [2.75, 3.05) is 37.6 Å². The van der Waals surface area contributed by atoms with Crippen molar-refractivity contribution in [1.82, 2.24) is 24.6 Å². The summed E-state index contributed by atoms with van der Waals surface area (Å²) in [6, 6.07) is 18.5. The second kappa shape index (κ2) is 10.7. The first kappa shape index (κ1) is 26.9. The highest BCUT2D eigenvalue weighted by molar-refractivity contribution is 6.30. The van der Waals surface area contributed by atoms with Gasteiger partial charge in [0.25, 0.3) is 0 Å². The van der Waals surface area contributed by atoms with Gasteiger partial charge in [0.05, 0.1) is 17.4 Å². The molecular formula is C34H35ClN6O. The van der Waals surface area contributed by atoms with E-state index in [-0.39, 0.29) is 0 Å². The molecule has 3 aromatic heterocycles. The Kier molecular flexibility index (Phi) is 6.87. The van der Waals surface area contributed by atoms with Crippen LogP contribution in [-0.2, 0) is 0 Å². The number of fused-ring (bicyclic) bond motifs is 2. The van der Waals surface area contributed by atoms with Crippen molar-refractivity contribution >= 4 is 51.2 Å². The smallest absolute Gasteiger partial charge is 0.152 e. The summed E-state index contributed by atoms with van der Waals surface area (Å²) < 4.78 is 1.84. The van der Waals surface area contributed by atoms with Gasteiger partial charge in [-0.1, -0.05) is 43.2 Å². The zero-order chi connectivity index (χ0) is 28.8. The van der Waals surface area contributed by atoms with Crippen LogP contribution in [0.25, 0.3) is 33.3 Å². The average Bonchev–Trinajstić information content (AvgIpc) is 3.63. The van der Waals surface area contributed by atoms with Crippen LogP contribution in [0.15, 0.2) is 72.6 Å². The van der Waals surface area contributed by atoms with Crippen molar-refractivity contribution in [3.8, 4) is 5.69 Å². The maximum absolute atomic E-state index is 12.0. The van der Waals surface area contributed by atoms with Crippen LogP contribution >= 0.6 is 11.6 Å². The fraction of sp³-hybridized carbons (Fsp3) is 0.324. The van der Waals surface area contributed by atoms with Gasteiger partial charge >= 0.3 is 0 Å². The van der Waals surface area contributed by atoms with Gasteiger partial charge in [0.2, 0.25) is 0 Å². The van der Waals surface area contributed by atoms with Crippen molar-refractivity contribution in [3.05, 3.63) is 88.7 Å². The maximum Gasteiger partial charge on any atom is 0.152 e. The highest BCUT2D eigenvalue weighted by Crippen LogP contribution is 2.43. The lowest BCUT2D eigenvalue weighted by molar-refractivity contribution is 0.112. The number of carbonyl (C=O) groups excluding carboxylic acids is 1. The summed E-state index contributed by atoms with van der Waals surface area (Å²) in [5, 5.41) is 6.43. The van der Waals surface area contributed by atoms with Gasteiger partial charge in [-0.2, -0.15) is 5.10 Å². The van der Waals surface area contributed by atoms with Gasteiger partial charge in [0.15, 0.2) is 6.29 Å². The molecule has 0 saturated carbocycles. The Morgan fingerprint density at radius 1 is 1.02 bits per heavy atom. The molecule has 2 aliphatic rings. The molecule has 0 radical (unpaired) electrons. The van der Waals surface area contributed by atoms with E-state index >= 15 is 0 Å². The van der Waals surface area contributed by atoms with Crippen LogP contribution in [0.4, 0.5) is 5.69 Å². The number of nitrogens with zero attached hydrogens (tertiary/aromatic N) is 5. The minimum Gasteiger partial charge on any atom is -0.369 e. The number of carbonyl (C=O) groups is 1. The molecule has 1 aliphatic heterocycles. The number of rotatable bonds is 6. The van der Waals surface area contributed by atoms with Crippen molar-refractivity contribution < 1.29 is 4.79 Å². The topological polar surface area (TPSA) is 70.1 Å². The number of aldehydes is 1. The normalized spacial score (nSPS) is 17.8. The first-order chi connectivity index (χ1) is 20.4. The first-order valence-electron chi connectivity index (χ1n) is 14.7. The molecule has 1 fully saturated rings. The van der Waals surface area contributed by atoms with Gasteiger partial charge in [-0.15, -0.1) is 0 Å². The van der Waals surface area contributed by atoms with Gasteiger partial charge in [0, 0.05) is 60.6 Å². The number of allylic oxidation sites excluding steroid dienone is 1. The largest absolute Gasteiger partial charge is 0.369 e. The lowest BCUT2D eigenvalue weighted by Gasteiger charge is -2.39. The van der Waals surface area contributed by atoms with Gasteiger partial charge in [-0.3, -0.25) is 9.69 Å². The zero-order valence-electron chi connectivity index (χ0n) is 24.1. The number of aromatic nitrogens is 4. The van der Waals surface area contributed by atoms with Gasteiger partial charge < -0.3 is 9.88 Å². The minimum atomic E-state index is 0.312.